The van der Waals surface area contributed by atoms with E-state index in [1.54, 1.807) is 0 Å². The average molecular weight is 756 g/mol. The zero-order valence-electron chi connectivity index (χ0n) is 31.3. The van der Waals surface area contributed by atoms with Gasteiger partial charge in [-0.3, -0.25) is 0 Å². The predicted octanol–water partition coefficient (Wildman–Crippen LogP) is 13.5. The predicted molar refractivity (Wildman–Crippen MR) is 235 cm³/mol. The first-order chi connectivity index (χ1) is 28.7. The van der Waals surface area contributed by atoms with Gasteiger partial charge in [0.15, 0.2) is 5.82 Å². The quantitative estimate of drug-likeness (QED) is 0.175. The van der Waals surface area contributed by atoms with Gasteiger partial charge in [-0.25, -0.2) is 9.97 Å². The van der Waals surface area contributed by atoms with Crippen molar-refractivity contribution >= 4 is 11.8 Å². The van der Waals surface area contributed by atoms with E-state index >= 15 is 0 Å². The number of rotatable bonds is 5. The molecule has 2 heterocycles. The number of aromatic nitrogens is 2. The summed E-state index contributed by atoms with van der Waals surface area (Å²) >= 11 is 1.83. The molecule has 0 bridgehead atoms. The van der Waals surface area contributed by atoms with Crippen LogP contribution in [-0.4, -0.2) is 9.97 Å². The first-order valence-electron chi connectivity index (χ1n) is 19.4. The Hall–Kier alpha value is -7.32. The molecule has 0 saturated heterocycles. The third kappa shape index (κ3) is 5.44. The molecule has 0 atom stereocenters. The van der Waals surface area contributed by atoms with Gasteiger partial charge in [-0.1, -0.05) is 169 Å². The maximum absolute atomic E-state index is 9.52. The smallest absolute Gasteiger partial charge is 0.160 e. The zero-order valence-corrected chi connectivity index (χ0v) is 32.1. The second kappa shape index (κ2) is 13.7. The third-order valence-corrected chi connectivity index (χ3v) is 12.8. The lowest BCUT2D eigenvalue weighted by molar-refractivity contribution is 0.723. The van der Waals surface area contributed by atoms with Crippen LogP contribution >= 0.6 is 11.8 Å². The molecule has 270 valence electrons. The van der Waals surface area contributed by atoms with Gasteiger partial charge >= 0.3 is 0 Å². The van der Waals surface area contributed by atoms with Crippen molar-refractivity contribution in [1.29, 1.82) is 5.26 Å². The molecule has 0 radical (unpaired) electrons. The van der Waals surface area contributed by atoms with E-state index in [0.717, 1.165) is 39.2 Å². The van der Waals surface area contributed by atoms with Crippen molar-refractivity contribution in [2.24, 2.45) is 0 Å². The van der Waals surface area contributed by atoms with E-state index < -0.39 is 5.41 Å². The Morgan fingerprint density at radius 1 is 0.379 bits per heavy atom. The van der Waals surface area contributed by atoms with Crippen LogP contribution in [-0.2, 0) is 5.41 Å². The molecule has 0 fully saturated rings. The molecule has 8 aromatic carbocycles. The fourth-order valence-electron chi connectivity index (χ4n) is 8.90. The largest absolute Gasteiger partial charge is 0.228 e. The minimum atomic E-state index is -0.576. The Labute approximate surface area is 342 Å². The van der Waals surface area contributed by atoms with E-state index in [2.05, 4.69) is 170 Å². The molecular formula is C54H33N3S. The molecule has 1 aromatic heterocycles. The lowest BCUT2D eigenvalue weighted by Crippen LogP contribution is -2.32. The molecule has 0 saturated carbocycles. The summed E-state index contributed by atoms with van der Waals surface area (Å²) in [5.41, 5.74) is 17.0. The lowest BCUT2D eigenvalue weighted by atomic mass is 9.66. The molecule has 58 heavy (non-hydrogen) atoms. The van der Waals surface area contributed by atoms with Gasteiger partial charge < -0.3 is 0 Å². The Morgan fingerprint density at radius 3 is 1.45 bits per heavy atom. The molecule has 1 spiro atoms. The van der Waals surface area contributed by atoms with E-state index in [0.29, 0.717) is 11.4 Å². The van der Waals surface area contributed by atoms with Gasteiger partial charge in [0.25, 0.3) is 0 Å². The molecule has 11 rings (SSSR count). The second-order valence-corrected chi connectivity index (χ2v) is 15.9. The van der Waals surface area contributed by atoms with E-state index in [1.807, 2.05) is 48.2 Å². The minimum absolute atomic E-state index is 0.576. The fourth-order valence-corrected chi connectivity index (χ4v) is 10.1. The summed E-state index contributed by atoms with van der Waals surface area (Å²) in [6, 6.07) is 73.3. The van der Waals surface area contributed by atoms with Crippen LogP contribution in [0.3, 0.4) is 0 Å². The Bertz CT molecular complexity index is 3030. The highest BCUT2D eigenvalue weighted by atomic mass is 32.2. The number of nitriles is 1. The number of benzene rings is 8. The molecule has 0 unspecified atom stereocenters. The van der Waals surface area contributed by atoms with Crippen molar-refractivity contribution in [3.8, 4) is 73.4 Å². The first-order valence-corrected chi connectivity index (χ1v) is 20.3. The lowest BCUT2D eigenvalue weighted by Gasteiger charge is -2.40. The molecule has 4 heteroatoms. The van der Waals surface area contributed by atoms with Gasteiger partial charge in [0.2, 0.25) is 0 Å². The fraction of sp³-hybridized carbons (Fsp3) is 0.0185. The van der Waals surface area contributed by atoms with Crippen LogP contribution < -0.4 is 0 Å². The summed E-state index contributed by atoms with van der Waals surface area (Å²) in [5.74, 6) is 0.691. The number of fused-ring (bicyclic) bond motifs is 9. The third-order valence-electron chi connectivity index (χ3n) is 11.6. The van der Waals surface area contributed by atoms with Crippen LogP contribution in [0.5, 0.6) is 0 Å². The molecule has 3 nitrogen and oxygen atoms in total. The van der Waals surface area contributed by atoms with Crippen molar-refractivity contribution in [3.05, 3.63) is 228 Å². The van der Waals surface area contributed by atoms with Gasteiger partial charge in [0.05, 0.1) is 28.4 Å². The van der Waals surface area contributed by atoms with E-state index in [1.165, 1.54) is 54.3 Å². The zero-order chi connectivity index (χ0) is 38.6. The van der Waals surface area contributed by atoms with Crippen molar-refractivity contribution in [2.45, 2.75) is 15.2 Å². The summed E-state index contributed by atoms with van der Waals surface area (Å²) < 4.78 is 0. The molecule has 1 aliphatic heterocycles. The standard InChI is InChI=1S/C54H33N3S/c55-34-35-19-21-38(22-20-35)41-27-29-51-47(31-41)54(45-17-9-7-15-43(45)44-16-8-10-18-46(44)54)48-32-42(28-30-52(48)58-51)50-33-49(56-53(57-50)40-13-5-2-6-14-40)39-25-23-37(24-26-39)36-11-3-1-4-12-36/h1-33H. The molecular weight excluding hydrogens is 723 g/mol. The molecule has 1 aliphatic carbocycles. The van der Waals surface area contributed by atoms with Crippen molar-refractivity contribution in [1.82, 2.24) is 9.97 Å². The maximum Gasteiger partial charge on any atom is 0.160 e. The SMILES string of the molecule is N#Cc1ccc(-c2ccc3c(c2)C2(c4cc(-c5cc(-c6ccc(-c7ccccc7)cc6)nc(-c6ccccc6)n5)ccc4S3)c3ccccc3-c3ccccc32)cc1. The summed E-state index contributed by atoms with van der Waals surface area (Å²) in [6.07, 6.45) is 0. The summed E-state index contributed by atoms with van der Waals surface area (Å²) in [4.78, 5) is 12.9. The van der Waals surface area contributed by atoms with E-state index in [4.69, 9.17) is 9.97 Å². The second-order valence-electron chi connectivity index (χ2n) is 14.8. The highest BCUT2D eigenvalue weighted by Gasteiger charge is 2.50. The summed E-state index contributed by atoms with van der Waals surface area (Å²) in [7, 11) is 0. The van der Waals surface area contributed by atoms with Crippen molar-refractivity contribution in [3.63, 3.8) is 0 Å². The van der Waals surface area contributed by atoms with Gasteiger partial charge in [0.1, 0.15) is 0 Å². The monoisotopic (exact) mass is 755 g/mol. The Morgan fingerprint density at radius 2 is 0.828 bits per heavy atom. The summed E-state index contributed by atoms with van der Waals surface area (Å²) in [6.45, 7) is 0. The van der Waals surface area contributed by atoms with Gasteiger partial charge in [-0.05, 0) is 98.1 Å². The van der Waals surface area contributed by atoms with Crippen LogP contribution in [0, 0.1) is 11.3 Å². The van der Waals surface area contributed by atoms with Crippen LogP contribution in [0.1, 0.15) is 27.8 Å². The highest BCUT2D eigenvalue weighted by molar-refractivity contribution is 7.99. The highest BCUT2D eigenvalue weighted by Crippen LogP contribution is 2.62. The average Bonchev–Trinajstić information content (AvgIpc) is 3.60. The van der Waals surface area contributed by atoms with Crippen molar-refractivity contribution in [2.75, 3.05) is 0 Å². The van der Waals surface area contributed by atoms with E-state index in [-0.39, 0.29) is 0 Å². The maximum atomic E-state index is 9.52. The number of hydrogen-bond acceptors (Lipinski definition) is 4. The van der Waals surface area contributed by atoms with Crippen LogP contribution in [0.2, 0.25) is 0 Å². The van der Waals surface area contributed by atoms with Gasteiger partial charge in [0, 0.05) is 26.5 Å². The minimum Gasteiger partial charge on any atom is -0.228 e. The van der Waals surface area contributed by atoms with Gasteiger partial charge in [-0.2, -0.15) is 5.26 Å². The summed E-state index contributed by atoms with van der Waals surface area (Å²) in [5, 5.41) is 9.52. The topological polar surface area (TPSA) is 49.6 Å². The number of hydrogen-bond donors (Lipinski definition) is 0. The first kappa shape index (κ1) is 34.0. The molecule has 9 aromatic rings. The normalized spacial score (nSPS) is 12.9. The molecule has 0 N–H and O–H groups in total. The van der Waals surface area contributed by atoms with Crippen LogP contribution in [0.15, 0.2) is 210 Å². The van der Waals surface area contributed by atoms with Crippen molar-refractivity contribution < 1.29 is 0 Å². The van der Waals surface area contributed by atoms with E-state index in [9.17, 15) is 5.26 Å². The van der Waals surface area contributed by atoms with Gasteiger partial charge in [-0.15, -0.1) is 0 Å². The molecule has 0 amide bonds. The Balaban J connectivity index is 1.13. The number of nitrogens with zero attached hydrogens (tertiary/aromatic N) is 3. The molecule has 2 aliphatic rings. The van der Waals surface area contributed by atoms with Crippen LogP contribution in [0.25, 0.3) is 67.3 Å². The Kier molecular flexibility index (Phi) is 8.03. The van der Waals surface area contributed by atoms with Crippen LogP contribution in [0.4, 0.5) is 0 Å².